The smallest absolute Gasteiger partial charge is 0.175 e. The maximum Gasteiger partial charge on any atom is 0.175 e. The van der Waals surface area contributed by atoms with Crippen molar-refractivity contribution >= 4 is 11.7 Å². The topological polar surface area (TPSA) is 88.9 Å². The lowest BCUT2D eigenvalue weighted by Crippen LogP contribution is -2.54. The van der Waals surface area contributed by atoms with E-state index in [1.54, 1.807) is 4.68 Å². The van der Waals surface area contributed by atoms with Crippen LogP contribution in [0.1, 0.15) is 25.1 Å². The fraction of sp³-hybridized carbons (Fsp3) is 0.667. The van der Waals surface area contributed by atoms with Gasteiger partial charge in [0.25, 0.3) is 0 Å². The van der Waals surface area contributed by atoms with Gasteiger partial charge in [0.15, 0.2) is 5.84 Å². The molecule has 1 aromatic rings. The van der Waals surface area contributed by atoms with Crippen molar-refractivity contribution in [2.45, 2.75) is 26.3 Å². The molecule has 0 spiro atoms. The Balaban J connectivity index is 2.55. The van der Waals surface area contributed by atoms with Crippen LogP contribution < -0.4 is 10.6 Å². The molecule has 0 radical (unpaired) electrons. The first kappa shape index (κ1) is 13.7. The molecule has 0 bridgehead atoms. The van der Waals surface area contributed by atoms with E-state index >= 15 is 0 Å². The van der Waals surface area contributed by atoms with Crippen LogP contribution in [0.4, 0.5) is 5.82 Å². The molecule has 1 saturated heterocycles. The summed E-state index contributed by atoms with van der Waals surface area (Å²) in [7, 11) is 1.86. The standard InChI is InChI=1S/C12H21N5O2/c1-8-9(10(13)15-18)11(16(4)14-8)17-5-6-19-7-12(17,2)3/h18H,5-7H2,1-4H3,(H2,13,15). The number of hydrogen-bond acceptors (Lipinski definition) is 5. The molecular formula is C12H21N5O2. The molecule has 2 rings (SSSR count). The van der Waals surface area contributed by atoms with Crippen molar-refractivity contribution in [1.29, 1.82) is 0 Å². The third-order valence-electron chi connectivity index (χ3n) is 3.46. The van der Waals surface area contributed by atoms with Crippen LogP contribution in [0.2, 0.25) is 0 Å². The number of amidine groups is 1. The summed E-state index contributed by atoms with van der Waals surface area (Å²) in [6.07, 6.45) is 0. The van der Waals surface area contributed by atoms with Gasteiger partial charge in [-0.2, -0.15) is 5.10 Å². The van der Waals surface area contributed by atoms with Gasteiger partial charge in [0.05, 0.1) is 30.0 Å². The number of aryl methyl sites for hydroxylation is 2. The third-order valence-corrected chi connectivity index (χ3v) is 3.46. The first-order valence-corrected chi connectivity index (χ1v) is 6.25. The second kappa shape index (κ2) is 4.73. The van der Waals surface area contributed by atoms with Crippen molar-refractivity contribution in [3.05, 3.63) is 11.3 Å². The lowest BCUT2D eigenvalue weighted by Gasteiger charge is -2.43. The molecule has 106 valence electrons. The van der Waals surface area contributed by atoms with Crippen molar-refractivity contribution in [2.24, 2.45) is 17.9 Å². The molecule has 1 aromatic heterocycles. The first-order valence-electron chi connectivity index (χ1n) is 6.25. The maximum atomic E-state index is 8.96. The van der Waals surface area contributed by atoms with Gasteiger partial charge in [0.1, 0.15) is 5.82 Å². The number of nitrogens with two attached hydrogens (primary N) is 1. The van der Waals surface area contributed by atoms with Gasteiger partial charge in [-0.1, -0.05) is 5.16 Å². The summed E-state index contributed by atoms with van der Waals surface area (Å²) in [4.78, 5) is 2.20. The second-order valence-electron chi connectivity index (χ2n) is 5.41. The first-order chi connectivity index (χ1) is 8.88. The molecule has 0 atom stereocenters. The Morgan fingerprint density at radius 2 is 2.21 bits per heavy atom. The largest absolute Gasteiger partial charge is 0.409 e. The van der Waals surface area contributed by atoms with Gasteiger partial charge in [0.2, 0.25) is 0 Å². The Labute approximate surface area is 112 Å². The Hall–Kier alpha value is -1.76. The number of nitrogens with zero attached hydrogens (tertiary/aromatic N) is 4. The lowest BCUT2D eigenvalue weighted by molar-refractivity contribution is 0.0634. The van der Waals surface area contributed by atoms with Gasteiger partial charge < -0.3 is 20.6 Å². The Morgan fingerprint density at radius 1 is 1.53 bits per heavy atom. The van der Waals surface area contributed by atoms with Crippen molar-refractivity contribution < 1.29 is 9.94 Å². The number of ether oxygens (including phenoxy) is 1. The van der Waals surface area contributed by atoms with Gasteiger partial charge in [-0.05, 0) is 20.8 Å². The van der Waals surface area contributed by atoms with E-state index in [2.05, 4.69) is 29.0 Å². The molecule has 1 aliphatic rings. The summed E-state index contributed by atoms with van der Waals surface area (Å²) in [5.74, 6) is 0.948. The van der Waals surface area contributed by atoms with Gasteiger partial charge in [-0.25, -0.2) is 0 Å². The van der Waals surface area contributed by atoms with Crippen LogP contribution in [0.5, 0.6) is 0 Å². The summed E-state index contributed by atoms with van der Waals surface area (Å²) < 4.78 is 7.30. The minimum atomic E-state index is -0.164. The highest BCUT2D eigenvalue weighted by molar-refractivity contribution is 6.02. The highest BCUT2D eigenvalue weighted by Gasteiger charge is 2.35. The summed E-state index contributed by atoms with van der Waals surface area (Å²) in [6, 6.07) is 0. The Kier molecular flexibility index (Phi) is 3.40. The second-order valence-corrected chi connectivity index (χ2v) is 5.41. The normalized spacial score (nSPS) is 19.8. The fourth-order valence-corrected chi connectivity index (χ4v) is 2.56. The number of oxime groups is 1. The maximum absolute atomic E-state index is 8.96. The zero-order chi connectivity index (χ0) is 14.2. The van der Waals surface area contributed by atoms with Crippen LogP contribution in [0.25, 0.3) is 0 Å². The van der Waals surface area contributed by atoms with E-state index in [-0.39, 0.29) is 11.4 Å². The van der Waals surface area contributed by atoms with E-state index in [9.17, 15) is 0 Å². The summed E-state index contributed by atoms with van der Waals surface area (Å²) >= 11 is 0. The Morgan fingerprint density at radius 3 is 2.79 bits per heavy atom. The molecule has 0 saturated carbocycles. The van der Waals surface area contributed by atoms with Crippen LogP contribution in [-0.4, -0.2) is 46.1 Å². The molecule has 7 heteroatoms. The van der Waals surface area contributed by atoms with Crippen LogP contribution in [-0.2, 0) is 11.8 Å². The molecule has 0 unspecified atom stereocenters. The summed E-state index contributed by atoms with van der Waals surface area (Å²) in [5, 5.41) is 16.5. The highest BCUT2D eigenvalue weighted by atomic mass is 16.5. The SMILES string of the molecule is Cc1nn(C)c(N2CCOCC2(C)C)c1C(N)=NO. The van der Waals surface area contributed by atoms with E-state index in [1.807, 2.05) is 14.0 Å². The fourth-order valence-electron chi connectivity index (χ4n) is 2.56. The Bertz CT molecular complexity index is 506. The molecule has 0 aromatic carbocycles. The van der Waals surface area contributed by atoms with E-state index in [4.69, 9.17) is 15.7 Å². The number of rotatable bonds is 2. The number of hydrogen-bond donors (Lipinski definition) is 2. The number of morpholine rings is 1. The van der Waals surface area contributed by atoms with Crippen LogP contribution in [0.3, 0.4) is 0 Å². The quantitative estimate of drug-likeness (QED) is 0.351. The van der Waals surface area contributed by atoms with Gasteiger partial charge in [-0.15, -0.1) is 0 Å². The number of aromatic nitrogens is 2. The summed E-state index contributed by atoms with van der Waals surface area (Å²) in [5.41, 5.74) is 7.06. The zero-order valence-electron chi connectivity index (χ0n) is 11.8. The molecule has 7 nitrogen and oxygen atoms in total. The van der Waals surface area contributed by atoms with Crippen molar-refractivity contribution in [2.75, 3.05) is 24.7 Å². The van der Waals surface area contributed by atoms with E-state index in [1.165, 1.54) is 0 Å². The summed E-state index contributed by atoms with van der Waals surface area (Å²) in [6.45, 7) is 8.09. The predicted molar refractivity (Wildman–Crippen MR) is 72.7 cm³/mol. The molecule has 3 N–H and O–H groups in total. The molecule has 0 aliphatic carbocycles. The molecule has 19 heavy (non-hydrogen) atoms. The van der Waals surface area contributed by atoms with Crippen molar-refractivity contribution in [3.8, 4) is 0 Å². The molecular weight excluding hydrogens is 246 g/mol. The average molecular weight is 267 g/mol. The van der Waals surface area contributed by atoms with Gasteiger partial charge >= 0.3 is 0 Å². The monoisotopic (exact) mass is 267 g/mol. The van der Waals surface area contributed by atoms with Crippen LogP contribution >= 0.6 is 0 Å². The van der Waals surface area contributed by atoms with E-state index < -0.39 is 0 Å². The van der Waals surface area contributed by atoms with Gasteiger partial charge in [0, 0.05) is 13.6 Å². The van der Waals surface area contributed by atoms with E-state index in [0.717, 1.165) is 18.1 Å². The minimum Gasteiger partial charge on any atom is -0.409 e. The van der Waals surface area contributed by atoms with Crippen molar-refractivity contribution in [1.82, 2.24) is 9.78 Å². The van der Waals surface area contributed by atoms with E-state index in [0.29, 0.717) is 18.8 Å². The minimum absolute atomic E-state index is 0.0860. The predicted octanol–water partition coefficient (Wildman–Crippen LogP) is 0.438. The molecule has 0 amide bonds. The van der Waals surface area contributed by atoms with Gasteiger partial charge in [-0.3, -0.25) is 4.68 Å². The zero-order valence-corrected chi connectivity index (χ0v) is 11.8. The van der Waals surface area contributed by atoms with Crippen LogP contribution in [0.15, 0.2) is 5.16 Å². The average Bonchev–Trinajstić information content (AvgIpc) is 2.63. The van der Waals surface area contributed by atoms with Crippen LogP contribution in [0, 0.1) is 6.92 Å². The highest BCUT2D eigenvalue weighted by Crippen LogP contribution is 2.31. The van der Waals surface area contributed by atoms with Crippen molar-refractivity contribution in [3.63, 3.8) is 0 Å². The lowest BCUT2D eigenvalue weighted by atomic mass is 10.0. The molecule has 1 aliphatic heterocycles. The number of anilines is 1. The third kappa shape index (κ3) is 2.25. The molecule has 2 heterocycles. The molecule has 1 fully saturated rings.